The van der Waals surface area contributed by atoms with Crippen molar-refractivity contribution in [3.63, 3.8) is 0 Å². The van der Waals surface area contributed by atoms with Gasteiger partial charge in [0.2, 0.25) is 5.91 Å². The van der Waals surface area contributed by atoms with E-state index in [1.165, 1.54) is 0 Å². The van der Waals surface area contributed by atoms with Gasteiger partial charge in [-0.15, -0.1) is 0 Å². The maximum atomic E-state index is 11.9. The van der Waals surface area contributed by atoms with Gasteiger partial charge in [-0.2, -0.15) is 5.10 Å². The minimum atomic E-state index is -0.128. The van der Waals surface area contributed by atoms with Gasteiger partial charge in [0, 0.05) is 23.1 Å². The summed E-state index contributed by atoms with van der Waals surface area (Å²) in [4.78, 5) is 11.9. The van der Waals surface area contributed by atoms with E-state index in [1.54, 1.807) is 6.21 Å². The van der Waals surface area contributed by atoms with Crippen LogP contribution in [0, 0.1) is 6.92 Å². The zero-order valence-electron chi connectivity index (χ0n) is 13.5. The van der Waals surface area contributed by atoms with E-state index in [-0.39, 0.29) is 5.91 Å². The Bertz CT molecular complexity index is 836. The monoisotopic (exact) mass is 317 g/mol. The van der Waals surface area contributed by atoms with Gasteiger partial charge in [-0.1, -0.05) is 48.5 Å². The summed E-state index contributed by atoms with van der Waals surface area (Å²) in [5.74, 6) is -0.128. The number of nitrogens with zero attached hydrogens (tertiary/aromatic N) is 2. The number of aromatic nitrogens is 1. The van der Waals surface area contributed by atoms with Crippen LogP contribution in [0.3, 0.4) is 0 Å². The van der Waals surface area contributed by atoms with E-state index >= 15 is 0 Å². The summed E-state index contributed by atoms with van der Waals surface area (Å²) in [7, 11) is 0. The Balaban J connectivity index is 1.62. The van der Waals surface area contributed by atoms with Crippen molar-refractivity contribution in [1.29, 1.82) is 0 Å². The summed E-state index contributed by atoms with van der Waals surface area (Å²) in [6.45, 7) is 2.04. The zero-order chi connectivity index (χ0) is 16.8. The molecule has 0 fully saturated rings. The lowest BCUT2D eigenvalue weighted by molar-refractivity contribution is -0.120. The molecule has 0 saturated carbocycles. The molecule has 0 spiro atoms. The van der Waals surface area contributed by atoms with Crippen molar-refractivity contribution in [2.24, 2.45) is 5.10 Å². The topological polar surface area (TPSA) is 46.4 Å². The van der Waals surface area contributed by atoms with Crippen LogP contribution < -0.4 is 5.43 Å². The standard InChI is InChI=1S/C20H19N3O/c1-16-12-18(15-23(16)19-10-6-3-7-11-19)14-21-22-20(24)13-17-8-4-2-5-9-17/h2-12,14-15H,13H2,1H3,(H,22,24)/b21-14-. The smallest absolute Gasteiger partial charge is 0.244 e. The summed E-state index contributed by atoms with van der Waals surface area (Å²) in [6.07, 6.45) is 3.98. The summed E-state index contributed by atoms with van der Waals surface area (Å²) in [5.41, 5.74) is 6.69. The first kappa shape index (κ1) is 15.7. The summed E-state index contributed by atoms with van der Waals surface area (Å²) in [5, 5.41) is 4.05. The Kier molecular flexibility index (Phi) is 4.87. The number of nitrogens with one attached hydrogen (secondary N) is 1. The molecule has 3 rings (SSSR count). The lowest BCUT2D eigenvalue weighted by Crippen LogP contribution is -2.19. The first-order valence-corrected chi connectivity index (χ1v) is 7.82. The van der Waals surface area contributed by atoms with Crippen LogP contribution in [0.15, 0.2) is 78.0 Å². The predicted molar refractivity (Wildman–Crippen MR) is 96.4 cm³/mol. The van der Waals surface area contributed by atoms with Crippen LogP contribution in [-0.2, 0) is 11.2 Å². The fourth-order valence-corrected chi connectivity index (χ4v) is 2.54. The van der Waals surface area contributed by atoms with Crippen LogP contribution in [0.5, 0.6) is 0 Å². The highest BCUT2D eigenvalue weighted by atomic mass is 16.2. The fourth-order valence-electron chi connectivity index (χ4n) is 2.54. The van der Waals surface area contributed by atoms with Gasteiger partial charge in [0.05, 0.1) is 12.6 Å². The SMILES string of the molecule is Cc1cc(/C=N\NC(=O)Cc2ccccc2)cn1-c1ccccc1. The molecule has 120 valence electrons. The van der Waals surface area contributed by atoms with Gasteiger partial charge in [-0.05, 0) is 30.7 Å². The van der Waals surface area contributed by atoms with E-state index in [9.17, 15) is 4.79 Å². The molecule has 0 unspecified atom stereocenters. The molecule has 2 aromatic carbocycles. The molecular weight excluding hydrogens is 298 g/mol. The van der Waals surface area contributed by atoms with Crippen molar-refractivity contribution in [3.05, 3.63) is 89.7 Å². The molecule has 0 aliphatic rings. The van der Waals surface area contributed by atoms with Gasteiger partial charge in [-0.25, -0.2) is 5.43 Å². The predicted octanol–water partition coefficient (Wildman–Crippen LogP) is 3.48. The van der Waals surface area contributed by atoms with Crippen LogP contribution in [0.1, 0.15) is 16.8 Å². The van der Waals surface area contributed by atoms with Gasteiger partial charge in [0.25, 0.3) is 0 Å². The third-order valence-electron chi connectivity index (χ3n) is 3.68. The second-order valence-corrected chi connectivity index (χ2v) is 5.58. The van der Waals surface area contributed by atoms with Crippen LogP contribution in [0.25, 0.3) is 5.69 Å². The first-order valence-electron chi connectivity index (χ1n) is 7.82. The lowest BCUT2D eigenvalue weighted by Gasteiger charge is -2.04. The summed E-state index contributed by atoms with van der Waals surface area (Å²) in [6, 6.07) is 21.7. The van der Waals surface area contributed by atoms with Crippen molar-refractivity contribution in [1.82, 2.24) is 9.99 Å². The Morgan fingerprint density at radius 2 is 1.75 bits per heavy atom. The molecule has 0 radical (unpaired) electrons. The van der Waals surface area contributed by atoms with Gasteiger partial charge in [-0.3, -0.25) is 4.79 Å². The Labute approximate surface area is 141 Å². The quantitative estimate of drug-likeness (QED) is 0.568. The Morgan fingerprint density at radius 3 is 2.46 bits per heavy atom. The van der Waals surface area contributed by atoms with Gasteiger partial charge in [0.15, 0.2) is 0 Å². The number of benzene rings is 2. The number of amides is 1. The molecule has 1 heterocycles. The third-order valence-corrected chi connectivity index (χ3v) is 3.68. The van der Waals surface area contributed by atoms with E-state index in [0.29, 0.717) is 6.42 Å². The van der Waals surface area contributed by atoms with Gasteiger partial charge < -0.3 is 4.57 Å². The second-order valence-electron chi connectivity index (χ2n) is 5.58. The zero-order valence-corrected chi connectivity index (χ0v) is 13.5. The molecule has 1 N–H and O–H groups in total. The van der Waals surface area contributed by atoms with Crippen LogP contribution in [-0.4, -0.2) is 16.7 Å². The molecule has 4 heteroatoms. The summed E-state index contributed by atoms with van der Waals surface area (Å²) >= 11 is 0. The highest BCUT2D eigenvalue weighted by molar-refractivity contribution is 5.83. The van der Waals surface area contributed by atoms with Crippen LogP contribution in [0.2, 0.25) is 0 Å². The largest absolute Gasteiger partial charge is 0.321 e. The fraction of sp³-hybridized carbons (Fsp3) is 0.100. The summed E-state index contributed by atoms with van der Waals surface area (Å²) < 4.78 is 2.09. The van der Waals surface area contributed by atoms with E-state index in [1.807, 2.05) is 67.7 Å². The molecule has 0 aliphatic heterocycles. The molecule has 0 saturated heterocycles. The third kappa shape index (κ3) is 3.98. The number of hydrazone groups is 1. The number of carbonyl (C=O) groups is 1. The highest BCUT2D eigenvalue weighted by Crippen LogP contribution is 2.13. The highest BCUT2D eigenvalue weighted by Gasteiger charge is 2.03. The molecule has 1 aromatic heterocycles. The molecular formula is C20H19N3O. The van der Waals surface area contributed by atoms with Crippen molar-refractivity contribution >= 4 is 12.1 Å². The molecule has 3 aromatic rings. The van der Waals surface area contributed by atoms with E-state index < -0.39 is 0 Å². The van der Waals surface area contributed by atoms with Gasteiger partial charge in [0.1, 0.15) is 0 Å². The minimum absolute atomic E-state index is 0.128. The van der Waals surface area contributed by atoms with E-state index in [4.69, 9.17) is 0 Å². The number of carbonyl (C=O) groups excluding carboxylic acids is 1. The lowest BCUT2D eigenvalue weighted by atomic mass is 10.1. The van der Waals surface area contributed by atoms with Crippen LogP contribution in [0.4, 0.5) is 0 Å². The number of para-hydroxylation sites is 1. The van der Waals surface area contributed by atoms with E-state index in [2.05, 4.69) is 27.2 Å². The molecule has 4 nitrogen and oxygen atoms in total. The normalized spacial score (nSPS) is 10.9. The molecule has 0 atom stereocenters. The molecule has 0 bridgehead atoms. The minimum Gasteiger partial charge on any atom is -0.321 e. The maximum Gasteiger partial charge on any atom is 0.244 e. The maximum absolute atomic E-state index is 11.9. The molecule has 0 aliphatic carbocycles. The van der Waals surface area contributed by atoms with Gasteiger partial charge >= 0.3 is 0 Å². The van der Waals surface area contributed by atoms with E-state index in [0.717, 1.165) is 22.5 Å². The second kappa shape index (κ2) is 7.42. The average molecular weight is 317 g/mol. The Hall–Kier alpha value is -3.14. The number of aryl methyl sites for hydroxylation is 1. The van der Waals surface area contributed by atoms with Crippen molar-refractivity contribution in [3.8, 4) is 5.69 Å². The van der Waals surface area contributed by atoms with Crippen molar-refractivity contribution < 1.29 is 4.79 Å². The first-order chi connectivity index (χ1) is 11.7. The Morgan fingerprint density at radius 1 is 1.08 bits per heavy atom. The molecule has 1 amide bonds. The number of rotatable bonds is 5. The van der Waals surface area contributed by atoms with Crippen molar-refractivity contribution in [2.75, 3.05) is 0 Å². The number of hydrogen-bond acceptors (Lipinski definition) is 2. The number of hydrogen-bond donors (Lipinski definition) is 1. The van der Waals surface area contributed by atoms with Crippen molar-refractivity contribution in [2.45, 2.75) is 13.3 Å². The van der Waals surface area contributed by atoms with Crippen LogP contribution >= 0.6 is 0 Å². The average Bonchev–Trinajstić information content (AvgIpc) is 2.97. The molecule has 24 heavy (non-hydrogen) atoms.